The van der Waals surface area contributed by atoms with E-state index < -0.39 is 5.41 Å². The first-order valence-corrected chi connectivity index (χ1v) is 7.78. The highest BCUT2D eigenvalue weighted by Crippen LogP contribution is 2.19. The zero-order valence-electron chi connectivity index (χ0n) is 13.1. The molecular formula is C16H19N3O2S. The Hall–Kier alpha value is -2.21. The third-order valence-corrected chi connectivity index (χ3v) is 3.78. The number of benzene rings is 1. The van der Waals surface area contributed by atoms with Gasteiger partial charge in [-0.3, -0.25) is 14.9 Å². The molecule has 0 radical (unpaired) electrons. The van der Waals surface area contributed by atoms with Crippen molar-refractivity contribution in [3.05, 3.63) is 40.9 Å². The lowest BCUT2D eigenvalue weighted by Crippen LogP contribution is -2.27. The van der Waals surface area contributed by atoms with Crippen LogP contribution >= 0.6 is 11.3 Å². The summed E-state index contributed by atoms with van der Waals surface area (Å²) >= 11 is 1.38. The van der Waals surface area contributed by atoms with Gasteiger partial charge in [0.15, 0.2) is 5.13 Å². The fourth-order valence-corrected chi connectivity index (χ4v) is 2.32. The molecule has 2 N–H and O–H groups in total. The fraction of sp³-hybridized carbons (Fsp3) is 0.312. The summed E-state index contributed by atoms with van der Waals surface area (Å²) in [6, 6.07) is 6.84. The number of carbonyl (C=O) groups is 2. The van der Waals surface area contributed by atoms with Crippen LogP contribution < -0.4 is 10.6 Å². The number of aromatic nitrogens is 1. The third kappa shape index (κ3) is 4.14. The Bertz CT molecular complexity index is 701. The fourth-order valence-electron chi connectivity index (χ4n) is 1.64. The molecule has 1 aromatic carbocycles. The standard InChI is InChI=1S/C16H19N3O2S/c1-10-9-22-15(17-10)19-13(20)11-6-5-7-12(8-11)18-14(21)16(2,3)4/h5-9H,1-4H3,(H,18,21)(H,17,19,20). The van der Waals surface area contributed by atoms with Gasteiger partial charge in [-0.15, -0.1) is 11.3 Å². The number of anilines is 2. The summed E-state index contributed by atoms with van der Waals surface area (Å²) in [5.74, 6) is -0.346. The van der Waals surface area contributed by atoms with E-state index in [1.165, 1.54) is 11.3 Å². The van der Waals surface area contributed by atoms with Crippen molar-refractivity contribution in [3.63, 3.8) is 0 Å². The van der Waals surface area contributed by atoms with E-state index in [4.69, 9.17) is 0 Å². The summed E-state index contributed by atoms with van der Waals surface area (Å²) in [6.07, 6.45) is 0. The van der Waals surface area contributed by atoms with E-state index in [1.54, 1.807) is 24.3 Å². The lowest BCUT2D eigenvalue weighted by Gasteiger charge is -2.17. The van der Waals surface area contributed by atoms with Gasteiger partial charge in [0.2, 0.25) is 5.91 Å². The molecule has 0 spiro atoms. The van der Waals surface area contributed by atoms with Crippen LogP contribution in [0.25, 0.3) is 0 Å². The first-order valence-electron chi connectivity index (χ1n) is 6.91. The molecule has 22 heavy (non-hydrogen) atoms. The van der Waals surface area contributed by atoms with Crippen molar-refractivity contribution in [1.82, 2.24) is 4.98 Å². The van der Waals surface area contributed by atoms with Crippen molar-refractivity contribution in [2.45, 2.75) is 27.7 Å². The molecule has 0 unspecified atom stereocenters. The molecule has 0 aliphatic heterocycles. The second-order valence-electron chi connectivity index (χ2n) is 6.03. The predicted octanol–water partition coefficient (Wildman–Crippen LogP) is 3.69. The van der Waals surface area contributed by atoms with Gasteiger partial charge >= 0.3 is 0 Å². The molecule has 0 atom stereocenters. The van der Waals surface area contributed by atoms with E-state index in [0.717, 1.165) is 5.69 Å². The summed E-state index contributed by atoms with van der Waals surface area (Å²) in [5.41, 5.74) is 1.45. The molecule has 116 valence electrons. The van der Waals surface area contributed by atoms with Crippen LogP contribution in [0, 0.1) is 12.3 Å². The maximum Gasteiger partial charge on any atom is 0.257 e. The van der Waals surface area contributed by atoms with Crippen molar-refractivity contribution >= 4 is 34.0 Å². The van der Waals surface area contributed by atoms with Gasteiger partial charge in [0.05, 0.1) is 5.69 Å². The van der Waals surface area contributed by atoms with Gasteiger partial charge in [0.1, 0.15) is 0 Å². The molecule has 0 aliphatic carbocycles. The van der Waals surface area contributed by atoms with Gasteiger partial charge in [-0.2, -0.15) is 0 Å². The van der Waals surface area contributed by atoms with Gasteiger partial charge in [-0.25, -0.2) is 4.98 Å². The monoisotopic (exact) mass is 317 g/mol. The van der Waals surface area contributed by atoms with Crippen LogP contribution in [0.15, 0.2) is 29.6 Å². The Morgan fingerprint density at radius 2 is 1.91 bits per heavy atom. The minimum absolute atomic E-state index is 0.0967. The summed E-state index contributed by atoms with van der Waals surface area (Å²) < 4.78 is 0. The van der Waals surface area contributed by atoms with Crippen LogP contribution in [0.3, 0.4) is 0 Å². The van der Waals surface area contributed by atoms with Crippen LogP contribution in [0.2, 0.25) is 0 Å². The Morgan fingerprint density at radius 3 is 2.50 bits per heavy atom. The molecule has 1 heterocycles. The molecule has 0 fully saturated rings. The maximum atomic E-state index is 12.2. The molecule has 2 rings (SSSR count). The molecule has 0 aliphatic rings. The van der Waals surface area contributed by atoms with Gasteiger partial charge < -0.3 is 5.32 Å². The smallest absolute Gasteiger partial charge is 0.257 e. The Kier molecular flexibility index (Phi) is 4.61. The summed E-state index contributed by atoms with van der Waals surface area (Å²) in [7, 11) is 0. The number of thiazole rings is 1. The SMILES string of the molecule is Cc1csc(NC(=O)c2cccc(NC(=O)C(C)(C)C)c2)n1. The number of nitrogens with one attached hydrogen (secondary N) is 2. The molecule has 5 nitrogen and oxygen atoms in total. The second kappa shape index (κ2) is 6.27. The number of hydrogen-bond acceptors (Lipinski definition) is 4. The highest BCUT2D eigenvalue weighted by Gasteiger charge is 2.21. The molecular weight excluding hydrogens is 298 g/mol. The van der Waals surface area contributed by atoms with E-state index in [0.29, 0.717) is 16.4 Å². The van der Waals surface area contributed by atoms with Crippen LogP contribution in [0.1, 0.15) is 36.8 Å². The van der Waals surface area contributed by atoms with E-state index in [2.05, 4.69) is 15.6 Å². The highest BCUT2D eigenvalue weighted by atomic mass is 32.1. The first-order chi connectivity index (χ1) is 10.3. The number of aryl methyl sites for hydroxylation is 1. The van der Waals surface area contributed by atoms with Gasteiger partial charge in [-0.05, 0) is 25.1 Å². The number of nitrogens with zero attached hydrogens (tertiary/aromatic N) is 1. The third-order valence-electron chi connectivity index (χ3n) is 2.90. The normalized spacial score (nSPS) is 11.1. The van der Waals surface area contributed by atoms with Crippen LogP contribution in [-0.4, -0.2) is 16.8 Å². The van der Waals surface area contributed by atoms with Crippen LogP contribution in [-0.2, 0) is 4.79 Å². The van der Waals surface area contributed by atoms with E-state index in [1.807, 2.05) is 33.1 Å². The van der Waals surface area contributed by atoms with Crippen molar-refractivity contribution in [2.24, 2.45) is 5.41 Å². The topological polar surface area (TPSA) is 71.1 Å². The summed E-state index contributed by atoms with van der Waals surface area (Å²) in [6.45, 7) is 7.38. The maximum absolute atomic E-state index is 12.2. The summed E-state index contributed by atoms with van der Waals surface area (Å²) in [5, 5.41) is 7.99. The largest absolute Gasteiger partial charge is 0.326 e. The lowest BCUT2D eigenvalue weighted by atomic mass is 9.95. The van der Waals surface area contributed by atoms with E-state index in [-0.39, 0.29) is 11.8 Å². The molecule has 1 aromatic heterocycles. The zero-order valence-corrected chi connectivity index (χ0v) is 13.9. The van der Waals surface area contributed by atoms with Gasteiger partial charge in [0.25, 0.3) is 5.91 Å². The second-order valence-corrected chi connectivity index (χ2v) is 6.89. The van der Waals surface area contributed by atoms with Crippen molar-refractivity contribution < 1.29 is 9.59 Å². The number of hydrogen-bond donors (Lipinski definition) is 2. The van der Waals surface area contributed by atoms with Crippen LogP contribution in [0.4, 0.5) is 10.8 Å². The number of rotatable bonds is 3. The molecule has 2 aromatic rings. The van der Waals surface area contributed by atoms with Gasteiger partial charge in [0, 0.05) is 22.0 Å². The van der Waals surface area contributed by atoms with Crippen molar-refractivity contribution in [2.75, 3.05) is 10.6 Å². The highest BCUT2D eigenvalue weighted by molar-refractivity contribution is 7.13. The number of carbonyl (C=O) groups excluding carboxylic acids is 2. The van der Waals surface area contributed by atoms with Crippen molar-refractivity contribution in [1.29, 1.82) is 0 Å². The quantitative estimate of drug-likeness (QED) is 0.907. The molecule has 0 saturated heterocycles. The minimum atomic E-state index is -0.489. The lowest BCUT2D eigenvalue weighted by molar-refractivity contribution is -0.123. The van der Waals surface area contributed by atoms with Crippen LogP contribution in [0.5, 0.6) is 0 Å². The summed E-state index contributed by atoms with van der Waals surface area (Å²) in [4.78, 5) is 28.4. The predicted molar refractivity (Wildman–Crippen MR) is 89.3 cm³/mol. The number of amides is 2. The van der Waals surface area contributed by atoms with Crippen molar-refractivity contribution in [3.8, 4) is 0 Å². The Labute approximate surface area is 133 Å². The molecule has 2 amide bonds. The average molecular weight is 317 g/mol. The van der Waals surface area contributed by atoms with E-state index >= 15 is 0 Å². The first kappa shape index (κ1) is 16.2. The Morgan fingerprint density at radius 1 is 1.18 bits per heavy atom. The Balaban J connectivity index is 2.11. The van der Waals surface area contributed by atoms with E-state index in [9.17, 15) is 9.59 Å². The minimum Gasteiger partial charge on any atom is -0.326 e. The average Bonchev–Trinajstić information content (AvgIpc) is 2.83. The molecule has 0 saturated carbocycles. The zero-order chi connectivity index (χ0) is 16.3. The molecule has 0 bridgehead atoms. The van der Waals surface area contributed by atoms with Gasteiger partial charge in [-0.1, -0.05) is 26.8 Å². The molecule has 6 heteroatoms.